The first-order valence-electron chi connectivity index (χ1n) is 6.68. The molecular formula is C16H22OSi2. The lowest BCUT2D eigenvalue weighted by atomic mass is 10.4. The number of hydrogen-bond donors (Lipinski definition) is 0. The van der Waals surface area contributed by atoms with Crippen LogP contribution in [0.5, 0.6) is 0 Å². The van der Waals surface area contributed by atoms with E-state index in [4.69, 9.17) is 4.43 Å². The summed E-state index contributed by atoms with van der Waals surface area (Å²) >= 11 is 0. The third kappa shape index (κ3) is 2.46. The monoisotopic (exact) mass is 286 g/mol. The lowest BCUT2D eigenvalue weighted by molar-refractivity contribution is 0.429. The fourth-order valence-electron chi connectivity index (χ4n) is 2.92. The standard InChI is InChI=1S/C16H22OSi2/c1-17-19(18(2,3)4,15-11-7-5-8-12-15)16-13-9-6-10-14-16/h5-14H,1-4H3. The summed E-state index contributed by atoms with van der Waals surface area (Å²) in [5.74, 6) is 0. The van der Waals surface area contributed by atoms with E-state index >= 15 is 0 Å². The van der Waals surface area contributed by atoms with Gasteiger partial charge in [0.15, 0.2) is 0 Å². The zero-order valence-corrected chi connectivity index (χ0v) is 14.2. The van der Waals surface area contributed by atoms with E-state index < -0.39 is 15.4 Å². The van der Waals surface area contributed by atoms with Gasteiger partial charge < -0.3 is 4.43 Å². The highest BCUT2D eigenvalue weighted by molar-refractivity contribution is 7.48. The quantitative estimate of drug-likeness (QED) is 0.785. The van der Waals surface area contributed by atoms with Crippen molar-refractivity contribution in [3.8, 4) is 0 Å². The van der Waals surface area contributed by atoms with Gasteiger partial charge in [-0.25, -0.2) is 0 Å². The highest BCUT2D eigenvalue weighted by Gasteiger charge is 2.50. The van der Waals surface area contributed by atoms with Crippen LogP contribution in [0.25, 0.3) is 0 Å². The van der Waals surface area contributed by atoms with E-state index in [1.165, 1.54) is 10.4 Å². The lowest BCUT2D eigenvalue weighted by Crippen LogP contribution is -2.74. The molecule has 0 aliphatic rings. The predicted octanol–water partition coefficient (Wildman–Crippen LogP) is 2.81. The highest BCUT2D eigenvalue weighted by Crippen LogP contribution is 2.20. The summed E-state index contributed by atoms with van der Waals surface area (Å²) in [5, 5.41) is 2.78. The molecule has 0 aliphatic carbocycles. The summed E-state index contributed by atoms with van der Waals surface area (Å²) in [4.78, 5) is 0. The van der Waals surface area contributed by atoms with Crippen LogP contribution < -0.4 is 10.4 Å². The molecule has 2 aromatic rings. The Morgan fingerprint density at radius 2 is 1.05 bits per heavy atom. The van der Waals surface area contributed by atoms with Crippen LogP contribution in [-0.2, 0) is 4.43 Å². The van der Waals surface area contributed by atoms with Crippen molar-refractivity contribution in [2.75, 3.05) is 7.11 Å². The summed E-state index contributed by atoms with van der Waals surface area (Å²) in [7, 11) is -1.69. The van der Waals surface area contributed by atoms with Crippen molar-refractivity contribution < 1.29 is 4.43 Å². The average molecular weight is 287 g/mol. The van der Waals surface area contributed by atoms with Crippen molar-refractivity contribution in [3.05, 3.63) is 60.7 Å². The van der Waals surface area contributed by atoms with E-state index in [1.807, 2.05) is 7.11 Å². The molecule has 0 fully saturated rings. The van der Waals surface area contributed by atoms with E-state index in [2.05, 4.69) is 80.3 Å². The predicted molar refractivity (Wildman–Crippen MR) is 88.3 cm³/mol. The van der Waals surface area contributed by atoms with Crippen LogP contribution in [-0.4, -0.2) is 22.5 Å². The molecule has 0 bridgehead atoms. The molecule has 0 aromatic heterocycles. The Kier molecular flexibility index (Phi) is 4.08. The van der Waals surface area contributed by atoms with Crippen molar-refractivity contribution in [1.29, 1.82) is 0 Å². The summed E-state index contributed by atoms with van der Waals surface area (Å²) < 4.78 is 6.28. The first kappa shape index (κ1) is 14.2. The smallest absolute Gasteiger partial charge is 0.239 e. The average Bonchev–Trinajstić information content (AvgIpc) is 2.41. The van der Waals surface area contributed by atoms with Crippen LogP contribution in [0.4, 0.5) is 0 Å². The number of rotatable bonds is 4. The molecule has 0 radical (unpaired) electrons. The minimum atomic E-state index is -2.08. The van der Waals surface area contributed by atoms with Crippen LogP contribution in [0.3, 0.4) is 0 Å². The Bertz CT molecular complexity index is 478. The molecule has 0 amide bonds. The normalized spacial score (nSPS) is 12.4. The topological polar surface area (TPSA) is 9.23 Å². The molecule has 19 heavy (non-hydrogen) atoms. The van der Waals surface area contributed by atoms with Gasteiger partial charge in [0.2, 0.25) is 7.83 Å². The van der Waals surface area contributed by atoms with Gasteiger partial charge in [-0.3, -0.25) is 0 Å². The Morgan fingerprint density at radius 1 is 0.684 bits per heavy atom. The molecule has 3 heteroatoms. The molecule has 0 saturated heterocycles. The second-order valence-electron chi connectivity index (χ2n) is 5.87. The molecule has 0 heterocycles. The van der Waals surface area contributed by atoms with Crippen LogP contribution in [0.2, 0.25) is 19.6 Å². The summed E-state index contributed by atoms with van der Waals surface area (Å²) in [6.07, 6.45) is 0. The van der Waals surface area contributed by atoms with Crippen LogP contribution >= 0.6 is 0 Å². The second kappa shape index (κ2) is 5.45. The third-order valence-corrected chi connectivity index (χ3v) is 17.4. The number of hydrogen-bond acceptors (Lipinski definition) is 1. The lowest BCUT2D eigenvalue weighted by Gasteiger charge is -2.40. The Hall–Kier alpha value is -1.17. The van der Waals surface area contributed by atoms with E-state index in [0.29, 0.717) is 0 Å². The van der Waals surface area contributed by atoms with Crippen molar-refractivity contribution in [2.45, 2.75) is 19.6 Å². The maximum Gasteiger partial charge on any atom is 0.239 e. The minimum Gasteiger partial charge on any atom is -0.414 e. The molecule has 0 aliphatic heterocycles. The maximum absolute atomic E-state index is 6.28. The largest absolute Gasteiger partial charge is 0.414 e. The van der Waals surface area contributed by atoms with Crippen LogP contribution in [0.15, 0.2) is 60.7 Å². The fraction of sp³-hybridized carbons (Fsp3) is 0.250. The minimum absolute atomic E-state index is 1.39. The maximum atomic E-state index is 6.28. The zero-order valence-electron chi connectivity index (χ0n) is 12.2. The fourth-order valence-corrected chi connectivity index (χ4v) is 15.4. The first-order chi connectivity index (χ1) is 9.02. The van der Waals surface area contributed by atoms with E-state index in [1.54, 1.807) is 0 Å². The van der Waals surface area contributed by atoms with Gasteiger partial charge in [0.1, 0.15) is 0 Å². The summed E-state index contributed by atoms with van der Waals surface area (Å²) in [6.45, 7) is 7.26. The molecular weight excluding hydrogens is 264 g/mol. The number of benzene rings is 2. The molecule has 0 N–H and O–H groups in total. The highest BCUT2D eigenvalue weighted by atomic mass is 29.3. The van der Waals surface area contributed by atoms with Gasteiger partial charge in [-0.05, 0) is 10.4 Å². The van der Waals surface area contributed by atoms with Gasteiger partial charge in [-0.1, -0.05) is 80.3 Å². The molecule has 0 unspecified atom stereocenters. The summed E-state index contributed by atoms with van der Waals surface area (Å²) in [6, 6.07) is 21.6. The Labute approximate surface area is 118 Å². The molecule has 0 saturated carbocycles. The van der Waals surface area contributed by atoms with Crippen LogP contribution in [0.1, 0.15) is 0 Å². The van der Waals surface area contributed by atoms with Crippen molar-refractivity contribution >= 4 is 25.8 Å². The molecule has 2 aromatic carbocycles. The van der Waals surface area contributed by atoms with Gasteiger partial charge in [-0.2, -0.15) is 0 Å². The Balaban J connectivity index is 2.70. The Morgan fingerprint density at radius 3 is 1.32 bits per heavy atom. The van der Waals surface area contributed by atoms with E-state index in [-0.39, 0.29) is 0 Å². The van der Waals surface area contributed by atoms with Gasteiger partial charge in [0.25, 0.3) is 0 Å². The molecule has 100 valence electrons. The molecule has 0 spiro atoms. The van der Waals surface area contributed by atoms with Gasteiger partial charge in [-0.15, -0.1) is 0 Å². The van der Waals surface area contributed by atoms with E-state index in [0.717, 1.165) is 0 Å². The van der Waals surface area contributed by atoms with Gasteiger partial charge in [0, 0.05) is 7.11 Å². The SMILES string of the molecule is CO[Si](c1ccccc1)(c1ccccc1)[Si](C)(C)C. The van der Waals surface area contributed by atoms with Crippen molar-refractivity contribution in [1.82, 2.24) is 0 Å². The molecule has 0 atom stereocenters. The second-order valence-corrected chi connectivity index (χ2v) is 19.9. The molecule has 1 nitrogen and oxygen atoms in total. The van der Waals surface area contributed by atoms with Crippen LogP contribution in [0, 0.1) is 0 Å². The first-order valence-corrected chi connectivity index (χ1v) is 13.1. The molecule has 2 rings (SSSR count). The van der Waals surface area contributed by atoms with Gasteiger partial charge in [0.05, 0.1) is 7.59 Å². The third-order valence-electron chi connectivity index (χ3n) is 3.72. The summed E-state index contributed by atoms with van der Waals surface area (Å²) in [5.41, 5.74) is 0. The van der Waals surface area contributed by atoms with Crippen molar-refractivity contribution in [3.63, 3.8) is 0 Å². The van der Waals surface area contributed by atoms with Gasteiger partial charge >= 0.3 is 0 Å². The van der Waals surface area contributed by atoms with Crippen molar-refractivity contribution in [2.24, 2.45) is 0 Å². The van der Waals surface area contributed by atoms with E-state index in [9.17, 15) is 0 Å². The zero-order chi connectivity index (χ0) is 13.9.